The number of rotatable bonds is 4. The van der Waals surface area contributed by atoms with Crippen LogP contribution in [0.3, 0.4) is 0 Å². The molecule has 0 fully saturated rings. The van der Waals surface area contributed by atoms with E-state index in [4.69, 9.17) is 5.73 Å². The minimum absolute atomic E-state index is 0.145. The van der Waals surface area contributed by atoms with E-state index in [1.807, 2.05) is 25.1 Å². The van der Waals surface area contributed by atoms with Crippen molar-refractivity contribution in [2.24, 2.45) is 5.41 Å². The van der Waals surface area contributed by atoms with Crippen LogP contribution in [0.4, 0.5) is 11.4 Å². The van der Waals surface area contributed by atoms with E-state index in [9.17, 15) is 5.11 Å². The third kappa shape index (κ3) is 4.65. The number of aliphatic hydroxyl groups is 1. The summed E-state index contributed by atoms with van der Waals surface area (Å²) in [5.74, 6) is 0. The highest BCUT2D eigenvalue weighted by molar-refractivity contribution is 5.62. The lowest BCUT2D eigenvalue weighted by atomic mass is 9.89. The molecule has 0 heterocycles. The largest absolute Gasteiger partial charge is 0.398 e. The van der Waals surface area contributed by atoms with E-state index in [2.05, 4.69) is 26.1 Å². The summed E-state index contributed by atoms with van der Waals surface area (Å²) in [6.07, 6.45) is 0.442. The third-order valence-electron chi connectivity index (χ3n) is 2.75. The van der Waals surface area contributed by atoms with Gasteiger partial charge in [-0.15, -0.1) is 0 Å². The molecule has 1 unspecified atom stereocenters. The Kier molecular flexibility index (Phi) is 4.40. The van der Waals surface area contributed by atoms with Crippen molar-refractivity contribution in [3.63, 3.8) is 0 Å². The van der Waals surface area contributed by atoms with Crippen LogP contribution in [0.15, 0.2) is 18.2 Å². The lowest BCUT2D eigenvalue weighted by Gasteiger charge is -2.23. The fourth-order valence-corrected chi connectivity index (χ4v) is 1.85. The van der Waals surface area contributed by atoms with Gasteiger partial charge in [-0.2, -0.15) is 0 Å². The van der Waals surface area contributed by atoms with Gasteiger partial charge in [-0.25, -0.2) is 0 Å². The Morgan fingerprint density at radius 1 is 1.35 bits per heavy atom. The molecule has 0 saturated carbocycles. The van der Waals surface area contributed by atoms with E-state index in [1.54, 1.807) is 0 Å². The first-order valence-electron chi connectivity index (χ1n) is 6.06. The highest BCUT2D eigenvalue weighted by atomic mass is 16.3. The SMILES string of the molecule is Cc1c(N)cccc1NCC(O)CC(C)(C)C. The molecule has 0 aliphatic rings. The molecule has 3 heteroatoms. The van der Waals surface area contributed by atoms with Crippen molar-refractivity contribution in [3.05, 3.63) is 23.8 Å². The highest BCUT2D eigenvalue weighted by Crippen LogP contribution is 2.23. The van der Waals surface area contributed by atoms with Crippen molar-refractivity contribution in [2.75, 3.05) is 17.6 Å². The van der Waals surface area contributed by atoms with E-state index >= 15 is 0 Å². The summed E-state index contributed by atoms with van der Waals surface area (Å²) >= 11 is 0. The smallest absolute Gasteiger partial charge is 0.0717 e. The lowest BCUT2D eigenvalue weighted by Crippen LogP contribution is -2.25. The Labute approximate surface area is 104 Å². The standard InChI is InChI=1S/C14H24N2O/c1-10-12(15)6-5-7-13(10)16-9-11(17)8-14(2,3)4/h5-7,11,16-17H,8-9,15H2,1-4H3. The van der Waals surface area contributed by atoms with Crippen molar-refractivity contribution < 1.29 is 5.11 Å². The van der Waals surface area contributed by atoms with Crippen LogP contribution >= 0.6 is 0 Å². The number of hydrogen-bond donors (Lipinski definition) is 3. The maximum atomic E-state index is 9.91. The summed E-state index contributed by atoms with van der Waals surface area (Å²) in [5.41, 5.74) is 8.78. The Bertz CT molecular complexity index is 369. The quantitative estimate of drug-likeness (QED) is 0.705. The van der Waals surface area contributed by atoms with Gasteiger partial charge in [0.05, 0.1) is 6.10 Å². The van der Waals surface area contributed by atoms with Crippen LogP contribution in [0.2, 0.25) is 0 Å². The fourth-order valence-electron chi connectivity index (χ4n) is 1.85. The van der Waals surface area contributed by atoms with Crippen LogP contribution in [0, 0.1) is 12.3 Å². The first kappa shape index (κ1) is 13.8. The lowest BCUT2D eigenvalue weighted by molar-refractivity contribution is 0.132. The molecule has 96 valence electrons. The molecular weight excluding hydrogens is 212 g/mol. The summed E-state index contributed by atoms with van der Waals surface area (Å²) in [5, 5.41) is 13.2. The van der Waals surface area contributed by atoms with Crippen LogP contribution in [-0.2, 0) is 0 Å². The molecule has 0 amide bonds. The molecule has 1 rings (SSSR count). The predicted octanol–water partition coefficient (Wildman–Crippen LogP) is 2.79. The molecule has 0 saturated heterocycles. The van der Waals surface area contributed by atoms with Gasteiger partial charge in [0.1, 0.15) is 0 Å². The maximum Gasteiger partial charge on any atom is 0.0717 e. The van der Waals surface area contributed by atoms with E-state index in [0.717, 1.165) is 23.4 Å². The molecule has 17 heavy (non-hydrogen) atoms. The van der Waals surface area contributed by atoms with E-state index < -0.39 is 0 Å². The number of aliphatic hydroxyl groups excluding tert-OH is 1. The molecule has 0 radical (unpaired) electrons. The third-order valence-corrected chi connectivity index (χ3v) is 2.75. The van der Waals surface area contributed by atoms with Gasteiger partial charge in [-0.3, -0.25) is 0 Å². The van der Waals surface area contributed by atoms with Gasteiger partial charge in [0.25, 0.3) is 0 Å². The van der Waals surface area contributed by atoms with Crippen LogP contribution in [0.25, 0.3) is 0 Å². The van der Waals surface area contributed by atoms with Crippen molar-refractivity contribution in [3.8, 4) is 0 Å². The molecule has 0 aliphatic heterocycles. The highest BCUT2D eigenvalue weighted by Gasteiger charge is 2.16. The minimum Gasteiger partial charge on any atom is -0.398 e. The monoisotopic (exact) mass is 236 g/mol. The Hall–Kier alpha value is -1.22. The van der Waals surface area contributed by atoms with Crippen molar-refractivity contribution >= 4 is 11.4 Å². The van der Waals surface area contributed by atoms with E-state index in [1.165, 1.54) is 0 Å². The number of nitrogen functional groups attached to an aromatic ring is 1. The van der Waals surface area contributed by atoms with Gasteiger partial charge in [-0.05, 0) is 36.5 Å². The summed E-state index contributed by atoms with van der Waals surface area (Å²) in [6, 6.07) is 5.78. The van der Waals surface area contributed by atoms with Gasteiger partial charge in [0, 0.05) is 17.9 Å². The van der Waals surface area contributed by atoms with Crippen LogP contribution in [-0.4, -0.2) is 17.8 Å². The maximum absolute atomic E-state index is 9.91. The average molecular weight is 236 g/mol. The molecule has 0 bridgehead atoms. The Morgan fingerprint density at radius 2 is 2.00 bits per heavy atom. The molecule has 0 aromatic heterocycles. The number of hydrogen-bond acceptors (Lipinski definition) is 3. The summed E-state index contributed by atoms with van der Waals surface area (Å²) in [7, 11) is 0. The zero-order valence-corrected chi connectivity index (χ0v) is 11.2. The Balaban J connectivity index is 2.53. The second kappa shape index (κ2) is 5.41. The van der Waals surface area contributed by atoms with E-state index in [-0.39, 0.29) is 11.5 Å². The van der Waals surface area contributed by atoms with Crippen molar-refractivity contribution in [1.29, 1.82) is 0 Å². The predicted molar refractivity (Wildman–Crippen MR) is 74.2 cm³/mol. The second-order valence-corrected chi connectivity index (χ2v) is 5.82. The molecule has 0 aliphatic carbocycles. The zero-order valence-electron chi connectivity index (χ0n) is 11.2. The minimum atomic E-state index is -0.337. The number of benzene rings is 1. The summed E-state index contributed by atoms with van der Waals surface area (Å²) < 4.78 is 0. The van der Waals surface area contributed by atoms with Gasteiger partial charge in [-0.1, -0.05) is 26.8 Å². The number of nitrogens with two attached hydrogens (primary N) is 1. The van der Waals surface area contributed by atoms with Crippen LogP contribution < -0.4 is 11.1 Å². The van der Waals surface area contributed by atoms with Crippen molar-refractivity contribution in [1.82, 2.24) is 0 Å². The first-order chi connectivity index (χ1) is 7.79. The average Bonchev–Trinajstić information content (AvgIpc) is 2.18. The number of anilines is 2. The van der Waals surface area contributed by atoms with Gasteiger partial charge in [0.2, 0.25) is 0 Å². The van der Waals surface area contributed by atoms with Gasteiger partial charge >= 0.3 is 0 Å². The molecule has 1 aromatic rings. The molecule has 3 nitrogen and oxygen atoms in total. The zero-order chi connectivity index (χ0) is 13.1. The molecule has 0 spiro atoms. The van der Waals surface area contributed by atoms with Gasteiger partial charge in [0.15, 0.2) is 0 Å². The van der Waals surface area contributed by atoms with E-state index in [0.29, 0.717) is 6.54 Å². The second-order valence-electron chi connectivity index (χ2n) is 5.82. The van der Waals surface area contributed by atoms with Gasteiger partial charge < -0.3 is 16.2 Å². The molecule has 1 atom stereocenters. The number of nitrogens with one attached hydrogen (secondary N) is 1. The normalized spacial score (nSPS) is 13.5. The fraction of sp³-hybridized carbons (Fsp3) is 0.571. The van der Waals surface area contributed by atoms with Crippen LogP contribution in [0.5, 0.6) is 0 Å². The molecule has 4 N–H and O–H groups in total. The summed E-state index contributed by atoms with van der Waals surface area (Å²) in [6.45, 7) is 8.92. The summed E-state index contributed by atoms with van der Waals surface area (Å²) in [4.78, 5) is 0. The van der Waals surface area contributed by atoms with Crippen molar-refractivity contribution in [2.45, 2.75) is 40.2 Å². The van der Waals surface area contributed by atoms with Crippen LogP contribution in [0.1, 0.15) is 32.8 Å². The molecular formula is C14H24N2O. The Morgan fingerprint density at radius 3 is 2.59 bits per heavy atom. The molecule has 1 aromatic carbocycles. The first-order valence-corrected chi connectivity index (χ1v) is 6.06. The topological polar surface area (TPSA) is 58.3 Å².